The first-order valence-electron chi connectivity index (χ1n) is 11.0. The lowest BCUT2D eigenvalue weighted by atomic mass is 10.1. The third kappa shape index (κ3) is 3.45. The van der Waals surface area contributed by atoms with Crippen molar-refractivity contribution in [3.8, 4) is 0 Å². The van der Waals surface area contributed by atoms with Crippen molar-refractivity contribution in [3.63, 3.8) is 0 Å². The van der Waals surface area contributed by atoms with Crippen molar-refractivity contribution in [3.05, 3.63) is 76.8 Å². The molecule has 7 nitrogen and oxygen atoms in total. The van der Waals surface area contributed by atoms with Crippen molar-refractivity contribution in [2.24, 2.45) is 0 Å². The lowest BCUT2D eigenvalue weighted by molar-refractivity contribution is -0.121. The van der Waals surface area contributed by atoms with E-state index in [0.29, 0.717) is 18.5 Å². The molecule has 0 fully saturated rings. The SMILES string of the molecule is CCCn1c2ccccc2c2cnn(CC(=O)NCCc3c[nH]c4ccccc34)c(=O)c21. The zero-order chi connectivity index (χ0) is 22.1. The molecule has 3 aromatic heterocycles. The predicted molar refractivity (Wildman–Crippen MR) is 127 cm³/mol. The zero-order valence-corrected chi connectivity index (χ0v) is 18.0. The number of hydrogen-bond acceptors (Lipinski definition) is 3. The molecule has 1 amide bonds. The van der Waals surface area contributed by atoms with Crippen LogP contribution in [-0.4, -0.2) is 31.8 Å². The summed E-state index contributed by atoms with van der Waals surface area (Å²) in [7, 11) is 0. The van der Waals surface area contributed by atoms with Gasteiger partial charge < -0.3 is 14.9 Å². The minimum absolute atomic E-state index is 0.101. The highest BCUT2D eigenvalue weighted by Gasteiger charge is 2.16. The van der Waals surface area contributed by atoms with E-state index in [1.54, 1.807) is 6.20 Å². The van der Waals surface area contributed by atoms with Gasteiger partial charge in [-0.15, -0.1) is 0 Å². The number of aromatic nitrogens is 4. The number of aromatic amines is 1. The number of rotatable bonds is 7. The largest absolute Gasteiger partial charge is 0.361 e. The number of nitrogens with one attached hydrogen (secondary N) is 2. The van der Waals surface area contributed by atoms with Crippen LogP contribution in [-0.2, 0) is 24.3 Å². The maximum absolute atomic E-state index is 13.2. The van der Waals surface area contributed by atoms with Gasteiger partial charge in [-0.05, 0) is 30.5 Å². The topological polar surface area (TPSA) is 84.7 Å². The second-order valence-corrected chi connectivity index (χ2v) is 8.00. The van der Waals surface area contributed by atoms with E-state index in [1.165, 1.54) is 4.68 Å². The molecule has 0 atom stereocenters. The van der Waals surface area contributed by atoms with Gasteiger partial charge in [0.2, 0.25) is 5.91 Å². The molecule has 3 heterocycles. The zero-order valence-electron chi connectivity index (χ0n) is 18.0. The number of aryl methyl sites for hydroxylation is 1. The average molecular weight is 428 g/mol. The van der Waals surface area contributed by atoms with E-state index in [9.17, 15) is 9.59 Å². The van der Waals surface area contributed by atoms with E-state index >= 15 is 0 Å². The van der Waals surface area contributed by atoms with Gasteiger partial charge in [-0.1, -0.05) is 43.3 Å². The first kappa shape index (κ1) is 20.1. The fraction of sp³-hybridized carbons (Fsp3) is 0.240. The Morgan fingerprint density at radius 3 is 2.69 bits per heavy atom. The Morgan fingerprint density at radius 1 is 1.06 bits per heavy atom. The lowest BCUT2D eigenvalue weighted by Gasteiger charge is -2.08. The molecule has 32 heavy (non-hydrogen) atoms. The van der Waals surface area contributed by atoms with Gasteiger partial charge in [0.15, 0.2) is 0 Å². The van der Waals surface area contributed by atoms with E-state index in [2.05, 4.69) is 28.4 Å². The third-order valence-corrected chi connectivity index (χ3v) is 5.91. The summed E-state index contributed by atoms with van der Waals surface area (Å²) in [5.41, 5.74) is 3.62. The highest BCUT2D eigenvalue weighted by atomic mass is 16.2. The Hall–Kier alpha value is -3.87. The van der Waals surface area contributed by atoms with Crippen molar-refractivity contribution in [2.45, 2.75) is 32.9 Å². The number of nitrogens with zero attached hydrogens (tertiary/aromatic N) is 3. The smallest absolute Gasteiger partial charge is 0.291 e. The average Bonchev–Trinajstić information content (AvgIpc) is 3.36. The Kier molecular flexibility index (Phi) is 5.23. The van der Waals surface area contributed by atoms with Crippen molar-refractivity contribution in [1.82, 2.24) is 24.6 Å². The van der Waals surface area contributed by atoms with Crippen LogP contribution < -0.4 is 10.9 Å². The van der Waals surface area contributed by atoms with E-state index < -0.39 is 0 Å². The fourth-order valence-corrected chi connectivity index (χ4v) is 4.43. The minimum Gasteiger partial charge on any atom is -0.361 e. The molecule has 2 N–H and O–H groups in total. The first-order chi connectivity index (χ1) is 15.7. The van der Waals surface area contributed by atoms with Gasteiger partial charge >= 0.3 is 0 Å². The maximum Gasteiger partial charge on any atom is 0.291 e. The summed E-state index contributed by atoms with van der Waals surface area (Å²) in [6, 6.07) is 16.1. The number of carbonyl (C=O) groups excluding carboxylic acids is 1. The standard InChI is InChI=1S/C25H25N5O2/c1-2-13-29-22-10-6-4-8-19(22)20-15-28-30(25(32)24(20)29)16-23(31)26-12-11-17-14-27-21-9-5-3-7-18(17)21/h3-10,14-15,27H,2,11-13,16H2,1H3,(H,26,31). The molecule has 0 unspecified atom stereocenters. The van der Waals surface area contributed by atoms with Crippen LogP contribution in [0.3, 0.4) is 0 Å². The molecule has 0 radical (unpaired) electrons. The Morgan fingerprint density at radius 2 is 1.84 bits per heavy atom. The summed E-state index contributed by atoms with van der Waals surface area (Å²) < 4.78 is 3.30. The van der Waals surface area contributed by atoms with Crippen LogP contribution in [0.1, 0.15) is 18.9 Å². The van der Waals surface area contributed by atoms with Crippen LogP contribution in [0.2, 0.25) is 0 Å². The van der Waals surface area contributed by atoms with E-state index in [1.807, 2.05) is 53.2 Å². The maximum atomic E-state index is 13.2. The van der Waals surface area contributed by atoms with Gasteiger partial charge in [-0.25, -0.2) is 4.68 Å². The molecule has 0 saturated heterocycles. The van der Waals surface area contributed by atoms with Crippen LogP contribution in [0.25, 0.3) is 32.7 Å². The van der Waals surface area contributed by atoms with Crippen molar-refractivity contribution >= 4 is 38.6 Å². The Bertz CT molecular complexity index is 1490. The number of hydrogen-bond donors (Lipinski definition) is 2. The summed E-state index contributed by atoms with van der Waals surface area (Å²) in [5, 5.41) is 10.2. The molecule has 7 heteroatoms. The summed E-state index contributed by atoms with van der Waals surface area (Å²) in [4.78, 5) is 29.0. The first-order valence-corrected chi connectivity index (χ1v) is 11.0. The molecule has 162 valence electrons. The molecule has 0 aliphatic carbocycles. The number of amides is 1. The molecule has 0 bridgehead atoms. The molecular weight excluding hydrogens is 402 g/mol. The van der Waals surface area contributed by atoms with E-state index in [4.69, 9.17) is 0 Å². The molecule has 0 aliphatic heterocycles. The molecule has 2 aromatic carbocycles. The Labute approximate surface area is 184 Å². The van der Waals surface area contributed by atoms with Crippen LogP contribution in [0.5, 0.6) is 0 Å². The van der Waals surface area contributed by atoms with Crippen molar-refractivity contribution in [2.75, 3.05) is 6.54 Å². The lowest BCUT2D eigenvalue weighted by Crippen LogP contribution is -2.35. The predicted octanol–water partition coefficient (Wildman–Crippen LogP) is 3.60. The van der Waals surface area contributed by atoms with Gasteiger partial charge in [0.05, 0.1) is 6.20 Å². The van der Waals surface area contributed by atoms with Crippen LogP contribution in [0.15, 0.2) is 65.7 Å². The molecule has 5 rings (SSSR count). The number of H-pyrrole nitrogens is 1. The summed E-state index contributed by atoms with van der Waals surface area (Å²) in [6.45, 7) is 3.21. The number of para-hydroxylation sites is 2. The van der Waals surface area contributed by atoms with Crippen molar-refractivity contribution in [1.29, 1.82) is 0 Å². The van der Waals surface area contributed by atoms with Gasteiger partial charge in [-0.2, -0.15) is 5.10 Å². The van der Waals surface area contributed by atoms with Gasteiger partial charge in [0.1, 0.15) is 12.1 Å². The number of benzene rings is 2. The van der Waals surface area contributed by atoms with Crippen molar-refractivity contribution < 1.29 is 4.79 Å². The highest BCUT2D eigenvalue weighted by Crippen LogP contribution is 2.26. The minimum atomic E-state index is -0.237. The van der Waals surface area contributed by atoms with Crippen LogP contribution >= 0.6 is 0 Å². The molecule has 0 spiro atoms. The fourth-order valence-electron chi connectivity index (χ4n) is 4.43. The summed E-state index contributed by atoms with van der Waals surface area (Å²) in [6.07, 6.45) is 5.29. The normalized spacial score (nSPS) is 11.5. The quantitative estimate of drug-likeness (QED) is 0.416. The second-order valence-electron chi connectivity index (χ2n) is 8.00. The third-order valence-electron chi connectivity index (χ3n) is 5.91. The van der Waals surface area contributed by atoms with E-state index in [-0.39, 0.29) is 18.0 Å². The molecule has 5 aromatic rings. The van der Waals surface area contributed by atoms with E-state index in [0.717, 1.165) is 45.7 Å². The van der Waals surface area contributed by atoms with Gasteiger partial charge in [0.25, 0.3) is 5.56 Å². The second kappa shape index (κ2) is 8.34. The van der Waals surface area contributed by atoms with Gasteiger partial charge in [-0.3, -0.25) is 9.59 Å². The number of carbonyl (C=O) groups is 1. The monoisotopic (exact) mass is 427 g/mol. The summed E-state index contributed by atoms with van der Waals surface area (Å²) in [5.74, 6) is -0.225. The summed E-state index contributed by atoms with van der Waals surface area (Å²) >= 11 is 0. The highest BCUT2D eigenvalue weighted by molar-refractivity contribution is 6.07. The van der Waals surface area contributed by atoms with Crippen LogP contribution in [0, 0.1) is 0 Å². The molecule has 0 aliphatic rings. The molecule has 0 saturated carbocycles. The van der Waals surface area contributed by atoms with Crippen LogP contribution in [0.4, 0.5) is 0 Å². The Balaban J connectivity index is 1.35. The number of fused-ring (bicyclic) bond motifs is 4. The molecular formula is C25H25N5O2. The van der Waals surface area contributed by atoms with Gasteiger partial charge in [0, 0.05) is 46.5 Å².